The topological polar surface area (TPSA) is 80.3 Å². The zero-order valence-electron chi connectivity index (χ0n) is 25.8. The predicted molar refractivity (Wildman–Crippen MR) is 150 cm³/mol. The number of ether oxygens (including phenoxy) is 4. The summed E-state index contributed by atoms with van der Waals surface area (Å²) in [5.41, 5.74) is -0.182. The monoisotopic (exact) mass is 564 g/mol. The van der Waals surface area contributed by atoms with Crippen LogP contribution in [0.5, 0.6) is 0 Å². The fraction of sp³-hybridized carbons (Fsp3) is 0.935. The molecule has 0 aromatic carbocycles. The molecule has 1 spiro atoms. The summed E-state index contributed by atoms with van der Waals surface area (Å²) in [7, 11) is -1.97. The number of fused-ring (bicyclic) bond motifs is 6. The molecule has 4 saturated carbocycles. The number of hydrogen-bond donors (Lipinski definition) is 0. The summed E-state index contributed by atoms with van der Waals surface area (Å²) in [5, 5.41) is 0.123. The lowest BCUT2D eigenvalue weighted by molar-refractivity contribution is -0.273. The average Bonchev–Trinajstić information content (AvgIpc) is 3.41. The summed E-state index contributed by atoms with van der Waals surface area (Å²) in [6.07, 6.45) is 5.98. The number of rotatable bonds is 4. The van der Waals surface area contributed by atoms with Crippen molar-refractivity contribution in [3.63, 3.8) is 0 Å². The maximum absolute atomic E-state index is 12.6. The number of carbonyl (C=O) groups is 2. The molecule has 0 aromatic heterocycles. The first-order valence-electron chi connectivity index (χ1n) is 15.3. The zero-order chi connectivity index (χ0) is 28.6. The highest BCUT2D eigenvalue weighted by molar-refractivity contribution is 6.74. The van der Waals surface area contributed by atoms with E-state index in [1.54, 1.807) is 0 Å². The van der Waals surface area contributed by atoms with Crippen molar-refractivity contribution in [2.24, 2.45) is 34.5 Å². The van der Waals surface area contributed by atoms with Gasteiger partial charge in [-0.2, -0.15) is 0 Å². The van der Waals surface area contributed by atoms with Gasteiger partial charge in [-0.05, 0) is 73.9 Å². The highest BCUT2D eigenvalue weighted by atomic mass is 28.4. The van der Waals surface area contributed by atoms with Gasteiger partial charge >= 0.3 is 11.9 Å². The van der Waals surface area contributed by atoms with Gasteiger partial charge in [-0.1, -0.05) is 34.6 Å². The molecule has 5 aliphatic rings. The molecular weight excluding hydrogens is 512 g/mol. The predicted octanol–water partition coefficient (Wildman–Crippen LogP) is 6.25. The summed E-state index contributed by atoms with van der Waals surface area (Å²) in [4.78, 5) is 25.2. The lowest BCUT2D eigenvalue weighted by Gasteiger charge is -2.64. The third-order valence-corrected chi connectivity index (χ3v) is 16.9. The largest absolute Gasteiger partial charge is 0.458 e. The van der Waals surface area contributed by atoms with Crippen LogP contribution in [0.25, 0.3) is 0 Å². The molecule has 1 heterocycles. The molecule has 0 amide bonds. The van der Waals surface area contributed by atoms with Gasteiger partial charge in [0, 0.05) is 43.6 Å². The number of esters is 2. The van der Waals surface area contributed by atoms with E-state index in [0.29, 0.717) is 19.1 Å². The molecule has 1 aliphatic heterocycles. The molecule has 9 atom stereocenters. The van der Waals surface area contributed by atoms with Crippen LogP contribution in [0.15, 0.2) is 0 Å². The molecule has 5 unspecified atom stereocenters. The number of carbonyl (C=O) groups excluding carboxylic acids is 2. The Labute approximate surface area is 236 Å². The van der Waals surface area contributed by atoms with Crippen molar-refractivity contribution in [1.29, 1.82) is 0 Å². The Morgan fingerprint density at radius 3 is 2.00 bits per heavy atom. The fourth-order valence-corrected chi connectivity index (χ4v) is 10.8. The van der Waals surface area contributed by atoms with E-state index in [9.17, 15) is 9.59 Å². The van der Waals surface area contributed by atoms with Crippen molar-refractivity contribution in [3.05, 3.63) is 0 Å². The third kappa shape index (κ3) is 4.64. The third-order valence-electron chi connectivity index (χ3n) is 12.3. The van der Waals surface area contributed by atoms with E-state index in [4.69, 9.17) is 23.4 Å². The van der Waals surface area contributed by atoms with E-state index < -0.39 is 26.3 Å². The molecule has 0 radical (unpaired) electrons. The molecule has 1 saturated heterocycles. The first kappa shape index (κ1) is 29.5. The van der Waals surface area contributed by atoms with Crippen LogP contribution in [-0.4, -0.2) is 57.6 Å². The van der Waals surface area contributed by atoms with Crippen LogP contribution in [0.4, 0.5) is 0 Å². The van der Waals surface area contributed by atoms with Gasteiger partial charge in [0.1, 0.15) is 12.2 Å². The zero-order valence-corrected chi connectivity index (χ0v) is 26.8. The summed E-state index contributed by atoms with van der Waals surface area (Å²) in [5.74, 6) is -0.338. The van der Waals surface area contributed by atoms with Crippen molar-refractivity contribution in [2.75, 3.05) is 13.2 Å². The summed E-state index contributed by atoms with van der Waals surface area (Å²) in [6, 6.07) is 0. The van der Waals surface area contributed by atoms with E-state index in [2.05, 4.69) is 47.7 Å². The lowest BCUT2D eigenvalue weighted by atomic mass is 9.43. The van der Waals surface area contributed by atoms with E-state index in [1.807, 2.05) is 0 Å². The standard InChI is InChI=1S/C31H52O7Si/c1-19(32)36-26-24-18-21(38-39(8,9)28(3,4)5)10-13-29(24,6)22-11-14-30(7)23(25(22)27(26)37-20(2)33)12-15-31(30)34-16-17-35-31/h21-27H,10-18H2,1-9H3/t21-,22?,23?,24?,25?,26+,27?,29+,30-/m0/s1. The van der Waals surface area contributed by atoms with Crippen molar-refractivity contribution >= 4 is 20.3 Å². The molecule has 5 fully saturated rings. The van der Waals surface area contributed by atoms with Crippen molar-refractivity contribution in [3.8, 4) is 0 Å². The first-order chi connectivity index (χ1) is 18.0. The minimum atomic E-state index is -1.97. The molecular formula is C31H52O7Si. The van der Waals surface area contributed by atoms with E-state index in [1.165, 1.54) is 13.8 Å². The van der Waals surface area contributed by atoms with E-state index in [-0.39, 0.29) is 51.7 Å². The van der Waals surface area contributed by atoms with Gasteiger partial charge in [-0.3, -0.25) is 9.59 Å². The Morgan fingerprint density at radius 2 is 1.41 bits per heavy atom. The van der Waals surface area contributed by atoms with Crippen molar-refractivity contribution < 1.29 is 33.0 Å². The maximum Gasteiger partial charge on any atom is 0.303 e. The van der Waals surface area contributed by atoms with Crippen LogP contribution < -0.4 is 0 Å². The van der Waals surface area contributed by atoms with E-state index >= 15 is 0 Å². The van der Waals surface area contributed by atoms with Crippen LogP contribution in [0.3, 0.4) is 0 Å². The minimum Gasteiger partial charge on any atom is -0.458 e. The van der Waals surface area contributed by atoms with Crippen molar-refractivity contribution in [1.82, 2.24) is 0 Å². The van der Waals surface area contributed by atoms with Gasteiger partial charge in [0.2, 0.25) is 0 Å². The highest BCUT2D eigenvalue weighted by Crippen LogP contribution is 2.70. The Bertz CT molecular complexity index is 968. The molecule has 222 valence electrons. The van der Waals surface area contributed by atoms with Crippen molar-refractivity contribution in [2.45, 2.75) is 136 Å². The van der Waals surface area contributed by atoms with Crippen LogP contribution >= 0.6 is 0 Å². The molecule has 0 N–H and O–H groups in total. The Hall–Kier alpha value is -0.963. The van der Waals surface area contributed by atoms with Gasteiger partial charge in [0.15, 0.2) is 14.1 Å². The second-order valence-electron chi connectivity index (χ2n) is 15.3. The molecule has 0 bridgehead atoms. The van der Waals surface area contributed by atoms with Crippen LogP contribution in [0, 0.1) is 34.5 Å². The lowest BCUT2D eigenvalue weighted by Crippen LogP contribution is -2.67. The first-order valence-corrected chi connectivity index (χ1v) is 18.3. The smallest absolute Gasteiger partial charge is 0.303 e. The Balaban J connectivity index is 1.53. The Kier molecular flexibility index (Phi) is 7.42. The normalized spacial score (nSPS) is 43.4. The molecule has 39 heavy (non-hydrogen) atoms. The highest BCUT2D eigenvalue weighted by Gasteiger charge is 2.71. The quantitative estimate of drug-likeness (QED) is 0.295. The van der Waals surface area contributed by atoms with Gasteiger partial charge in [-0.25, -0.2) is 0 Å². The Morgan fingerprint density at radius 1 is 0.821 bits per heavy atom. The van der Waals surface area contributed by atoms with Crippen LogP contribution in [0.2, 0.25) is 18.1 Å². The fourth-order valence-electron chi connectivity index (χ4n) is 9.43. The SMILES string of the molecule is CC(=O)OC1C2C(CC[C@@]3(C)C2CCC32OCCO2)[C@@]2(C)CC[C@H](O[Si](C)(C)C(C)(C)C)CC2[C@H]1OC(C)=O. The molecule has 7 nitrogen and oxygen atoms in total. The second-order valence-corrected chi connectivity index (χ2v) is 20.0. The summed E-state index contributed by atoms with van der Waals surface area (Å²) in [6.45, 7) is 20.5. The van der Waals surface area contributed by atoms with Gasteiger partial charge in [-0.15, -0.1) is 0 Å². The molecule has 5 rings (SSSR count). The minimum absolute atomic E-state index is 0.0246. The number of hydrogen-bond acceptors (Lipinski definition) is 7. The van der Waals surface area contributed by atoms with Gasteiger partial charge in [0.05, 0.1) is 13.2 Å². The van der Waals surface area contributed by atoms with Gasteiger partial charge in [0.25, 0.3) is 0 Å². The summed E-state index contributed by atoms with van der Waals surface area (Å²) >= 11 is 0. The maximum atomic E-state index is 12.6. The van der Waals surface area contributed by atoms with Gasteiger partial charge < -0.3 is 23.4 Å². The molecule has 8 heteroatoms. The second kappa shape index (κ2) is 9.81. The molecule has 4 aliphatic carbocycles. The van der Waals surface area contributed by atoms with E-state index in [0.717, 1.165) is 44.9 Å². The average molecular weight is 565 g/mol. The van der Waals surface area contributed by atoms with Crippen LogP contribution in [0.1, 0.15) is 93.4 Å². The molecule has 0 aromatic rings. The summed E-state index contributed by atoms with van der Waals surface area (Å²) < 4.78 is 32.1. The van der Waals surface area contributed by atoms with Crippen LogP contribution in [-0.2, 0) is 33.0 Å².